The van der Waals surface area contributed by atoms with Crippen molar-refractivity contribution in [1.29, 1.82) is 0 Å². The Hall–Kier alpha value is -8.84. The second-order valence-corrected chi connectivity index (χ2v) is 21.7. The summed E-state index contributed by atoms with van der Waals surface area (Å²) in [6, 6.07) is -16.4. The van der Waals surface area contributed by atoms with Gasteiger partial charge in [-0.3, -0.25) is 72.1 Å². The summed E-state index contributed by atoms with van der Waals surface area (Å²) in [7, 11) is 0. The predicted octanol–water partition coefficient (Wildman–Crippen LogP) is -8.61. The number of carbonyl (C=O) groups excluding carboxylic acids is 12. The number of hydrogen-bond acceptors (Lipinski definition) is 20. The summed E-state index contributed by atoms with van der Waals surface area (Å²) < 4.78 is 0. The number of guanidine groups is 1. The molecular formula is C52H91N17O20. The number of aliphatic imine (C=N–C) groups is 1. The van der Waals surface area contributed by atoms with Gasteiger partial charge >= 0.3 is 17.9 Å². The smallest absolute Gasteiger partial charge is 0.326 e. The molecule has 37 heteroatoms. The maximum atomic E-state index is 14.2. The molecule has 504 valence electrons. The number of aliphatic hydroxyl groups is 2. The number of unbranched alkanes of at least 4 members (excludes halogenated alkanes) is 1. The second-order valence-electron chi connectivity index (χ2n) is 21.7. The molecular weight excluding hydrogens is 1180 g/mol. The Kier molecular flexibility index (Phi) is 37.2. The van der Waals surface area contributed by atoms with E-state index in [1.54, 1.807) is 13.8 Å². The fourth-order valence-corrected chi connectivity index (χ4v) is 8.11. The number of nitrogens with zero attached hydrogens (tertiary/aromatic N) is 1. The molecule has 37 nitrogen and oxygen atoms in total. The molecule has 0 rings (SSSR count). The van der Waals surface area contributed by atoms with E-state index in [0.717, 1.165) is 13.8 Å². The predicted molar refractivity (Wildman–Crippen MR) is 312 cm³/mol. The van der Waals surface area contributed by atoms with Crippen LogP contribution < -0.4 is 87.6 Å². The quantitative estimate of drug-likeness (QED) is 0.0153. The van der Waals surface area contributed by atoms with Crippen LogP contribution in [0.3, 0.4) is 0 Å². The Labute approximate surface area is 512 Å². The number of nitrogens with one attached hydrogen (secondary N) is 10. The normalized spacial score (nSPS) is 15.1. The average molecular weight is 1270 g/mol. The number of carboxylic acids is 3. The lowest BCUT2D eigenvalue weighted by atomic mass is 10.0. The molecule has 12 atom stereocenters. The molecule has 0 aromatic rings. The van der Waals surface area contributed by atoms with E-state index in [0.29, 0.717) is 6.42 Å². The highest BCUT2D eigenvalue weighted by atomic mass is 16.4. The van der Waals surface area contributed by atoms with E-state index < -0.39 is 212 Å². The van der Waals surface area contributed by atoms with Gasteiger partial charge in [0.1, 0.15) is 54.4 Å². The first-order chi connectivity index (χ1) is 41.4. The molecule has 27 N–H and O–H groups in total. The largest absolute Gasteiger partial charge is 0.481 e. The molecule has 0 saturated carbocycles. The van der Waals surface area contributed by atoms with Crippen LogP contribution in [0.15, 0.2) is 4.99 Å². The van der Waals surface area contributed by atoms with E-state index in [4.69, 9.17) is 39.5 Å². The van der Waals surface area contributed by atoms with Crippen molar-refractivity contribution in [3.63, 3.8) is 0 Å². The summed E-state index contributed by atoms with van der Waals surface area (Å²) in [5, 5.41) is 71.8. The maximum absolute atomic E-state index is 14.2. The van der Waals surface area contributed by atoms with Crippen molar-refractivity contribution < 1.29 is 97.5 Å². The summed E-state index contributed by atoms with van der Waals surface area (Å²) >= 11 is 0. The zero-order valence-electron chi connectivity index (χ0n) is 50.7. The van der Waals surface area contributed by atoms with E-state index in [1.165, 1.54) is 13.8 Å². The van der Waals surface area contributed by atoms with Gasteiger partial charge in [-0.05, 0) is 90.0 Å². The highest BCUT2D eigenvalue weighted by Gasteiger charge is 2.37. The molecule has 12 amide bonds. The SMILES string of the molecule is CC(C)C[C@H](NC(=O)[C@@H](NC(=O)CNC(=O)[C@H](CC(N)=O)NC(=O)[C@H](CCCN=C(N)N)NC(=O)[C@H](CCC(N)=O)NC(=O)[C@H](CCCCN)NC(=O)[C@H](CCC(=O)O)NC(=O)[C@@H](N)CCC(=O)O)[C@@H](C)O)C(=O)N[C@H](C(=O)N[C@H](C(=O)O)C(C)C)[C@@H](C)O. The monoisotopic (exact) mass is 1270 g/mol. The van der Waals surface area contributed by atoms with Crippen molar-refractivity contribution in [2.45, 2.75) is 198 Å². The molecule has 0 aliphatic rings. The Morgan fingerprint density at radius 1 is 0.438 bits per heavy atom. The molecule has 0 spiro atoms. The van der Waals surface area contributed by atoms with Crippen LogP contribution in [-0.2, 0) is 71.9 Å². The van der Waals surface area contributed by atoms with Crippen LogP contribution in [0.5, 0.6) is 0 Å². The average Bonchev–Trinajstić information content (AvgIpc) is 1.97. The van der Waals surface area contributed by atoms with Crippen LogP contribution in [0, 0.1) is 11.8 Å². The van der Waals surface area contributed by atoms with Gasteiger partial charge in [0.05, 0.1) is 31.2 Å². The fourth-order valence-electron chi connectivity index (χ4n) is 8.11. The van der Waals surface area contributed by atoms with Crippen molar-refractivity contribution in [3.8, 4) is 0 Å². The Balaban J connectivity index is 6.78. The van der Waals surface area contributed by atoms with Crippen molar-refractivity contribution in [2.75, 3.05) is 19.6 Å². The Morgan fingerprint density at radius 2 is 0.854 bits per heavy atom. The molecule has 0 heterocycles. The standard InChI is InChI=1S/C52H91N17O20/c1-23(2)20-32(48(85)69-41(26(6)71)50(87)68-39(24(3)4)51(88)89)66-49(86)40(25(5)70)67-36(74)22-60-43(80)33(21-35(56)73)65-45(82)29(11-9-19-59-52(57)58)63-46(83)30(13-15-34(55)72)64-44(81)28(10-7-8-18-53)62-47(84)31(14-17-38(77)78)61-42(79)27(54)12-16-37(75)76/h23-33,39-41,70-71H,7-22,53-54H2,1-6H3,(H2,55,72)(H2,56,73)(H,60,80)(H,61,79)(H,62,84)(H,63,83)(H,64,81)(H,65,82)(H,66,86)(H,67,74)(H,68,87)(H,69,85)(H,75,76)(H,77,78)(H,88,89)(H4,57,58,59)/t25-,26-,27+,28+,29+,30+,31+,32+,33+,39+,40+,41+/m1/s1. The van der Waals surface area contributed by atoms with E-state index in [9.17, 15) is 92.3 Å². The number of rotatable bonds is 45. The van der Waals surface area contributed by atoms with Crippen LogP contribution in [0.2, 0.25) is 0 Å². The van der Waals surface area contributed by atoms with Gasteiger partial charge in [0.25, 0.3) is 0 Å². The van der Waals surface area contributed by atoms with E-state index in [2.05, 4.69) is 58.2 Å². The number of nitrogens with two attached hydrogens (primary N) is 6. The molecule has 0 bridgehead atoms. The van der Waals surface area contributed by atoms with Crippen LogP contribution in [0.25, 0.3) is 0 Å². The number of amides is 12. The second kappa shape index (κ2) is 41.3. The molecule has 0 aromatic carbocycles. The van der Waals surface area contributed by atoms with Crippen molar-refractivity contribution >= 4 is 94.8 Å². The summed E-state index contributed by atoms with van der Waals surface area (Å²) in [6.45, 7) is 7.55. The highest BCUT2D eigenvalue weighted by molar-refractivity contribution is 5.99. The van der Waals surface area contributed by atoms with Gasteiger partial charge in [-0.15, -0.1) is 0 Å². The summed E-state index contributed by atoms with van der Waals surface area (Å²) in [4.78, 5) is 199. The van der Waals surface area contributed by atoms with Gasteiger partial charge in [0, 0.05) is 25.8 Å². The third-order valence-corrected chi connectivity index (χ3v) is 12.9. The number of aliphatic carboxylic acids is 3. The van der Waals surface area contributed by atoms with Crippen LogP contribution >= 0.6 is 0 Å². The maximum Gasteiger partial charge on any atom is 0.326 e. The molecule has 89 heavy (non-hydrogen) atoms. The first kappa shape index (κ1) is 80.2. The van der Waals surface area contributed by atoms with Crippen molar-refractivity contribution in [2.24, 2.45) is 51.2 Å². The van der Waals surface area contributed by atoms with Gasteiger partial charge in [-0.25, -0.2) is 4.79 Å². The van der Waals surface area contributed by atoms with Gasteiger partial charge in [0.2, 0.25) is 70.9 Å². The first-order valence-corrected chi connectivity index (χ1v) is 28.5. The minimum Gasteiger partial charge on any atom is -0.481 e. The van der Waals surface area contributed by atoms with E-state index in [-0.39, 0.29) is 63.5 Å². The molecule has 0 aliphatic heterocycles. The third kappa shape index (κ3) is 33.2. The molecule has 0 fully saturated rings. The number of carbonyl (C=O) groups is 15. The van der Waals surface area contributed by atoms with Crippen LogP contribution in [0.4, 0.5) is 0 Å². The third-order valence-electron chi connectivity index (χ3n) is 12.9. The van der Waals surface area contributed by atoms with Crippen LogP contribution in [0.1, 0.15) is 125 Å². The van der Waals surface area contributed by atoms with Gasteiger partial charge in [-0.2, -0.15) is 0 Å². The molecule has 0 radical (unpaired) electrons. The zero-order valence-corrected chi connectivity index (χ0v) is 50.7. The number of hydrogen-bond donors (Lipinski definition) is 21. The Morgan fingerprint density at radius 3 is 1.29 bits per heavy atom. The lowest BCUT2D eigenvalue weighted by molar-refractivity contribution is -0.144. The minimum atomic E-state index is -1.91. The minimum absolute atomic E-state index is 0.0748. The zero-order chi connectivity index (χ0) is 68.4. The number of carboxylic acid groups (broad SMARTS) is 3. The van der Waals surface area contributed by atoms with Crippen LogP contribution in [-0.4, -0.2) is 213 Å². The van der Waals surface area contributed by atoms with Gasteiger partial charge in [0.15, 0.2) is 5.96 Å². The summed E-state index contributed by atoms with van der Waals surface area (Å²) in [5.41, 5.74) is 33.1. The highest BCUT2D eigenvalue weighted by Crippen LogP contribution is 2.12. The van der Waals surface area contributed by atoms with Crippen molar-refractivity contribution in [3.05, 3.63) is 0 Å². The topological polar surface area (TPSA) is 646 Å². The molecule has 0 aromatic heterocycles. The van der Waals surface area contributed by atoms with E-state index >= 15 is 0 Å². The van der Waals surface area contributed by atoms with E-state index in [1.807, 2.05) is 0 Å². The summed E-state index contributed by atoms with van der Waals surface area (Å²) in [6.07, 6.45) is -7.62. The van der Waals surface area contributed by atoms with Crippen molar-refractivity contribution in [1.82, 2.24) is 53.2 Å². The van der Waals surface area contributed by atoms with Gasteiger partial charge in [-0.1, -0.05) is 27.7 Å². The molecule has 0 saturated heterocycles. The first-order valence-electron chi connectivity index (χ1n) is 28.5. The number of aliphatic hydroxyl groups excluding tert-OH is 2. The lowest BCUT2D eigenvalue weighted by Gasteiger charge is -2.29. The lowest BCUT2D eigenvalue weighted by Crippen LogP contribution is -2.62. The Bertz CT molecular complexity index is 2490. The molecule has 0 unspecified atom stereocenters. The molecule has 0 aliphatic carbocycles. The number of primary amides is 2. The summed E-state index contributed by atoms with van der Waals surface area (Å²) in [5.74, 6) is -18.7. The van der Waals surface area contributed by atoms with Gasteiger partial charge < -0.3 is 113 Å². The fraction of sp³-hybridized carbons (Fsp3) is 0.692.